The zero-order chi connectivity index (χ0) is 9.42. The molecule has 0 saturated heterocycles. The largest absolute Gasteiger partial charge is 0.294 e. The van der Waals surface area contributed by atoms with Gasteiger partial charge in [-0.25, -0.2) is 0 Å². The molecule has 68 valence electrons. The molecule has 1 heteroatoms. The van der Waals surface area contributed by atoms with Crippen molar-refractivity contribution < 1.29 is 4.79 Å². The van der Waals surface area contributed by atoms with E-state index in [0.29, 0.717) is 11.8 Å². The van der Waals surface area contributed by atoms with E-state index in [1.165, 1.54) is 0 Å². The molecular formula is C12H14O. The summed E-state index contributed by atoms with van der Waals surface area (Å²) in [5.74, 6) is 1.18. The van der Waals surface area contributed by atoms with Gasteiger partial charge in [0.15, 0.2) is 5.78 Å². The highest BCUT2D eigenvalue weighted by atomic mass is 16.1. The molecule has 0 spiro atoms. The van der Waals surface area contributed by atoms with Gasteiger partial charge >= 0.3 is 0 Å². The van der Waals surface area contributed by atoms with Crippen LogP contribution in [0.5, 0.6) is 0 Å². The molecule has 3 atom stereocenters. The number of hydrogen-bond acceptors (Lipinski definition) is 1. The summed E-state index contributed by atoms with van der Waals surface area (Å²) in [6, 6.07) is 0. The summed E-state index contributed by atoms with van der Waals surface area (Å²) in [6.45, 7) is 7.77. The Hall–Kier alpha value is -1.11. The van der Waals surface area contributed by atoms with E-state index in [4.69, 9.17) is 0 Å². The second-order valence-electron chi connectivity index (χ2n) is 3.92. The topological polar surface area (TPSA) is 17.1 Å². The molecule has 0 aromatic heterocycles. The average molecular weight is 174 g/mol. The number of carbonyl (C=O) groups excluding carboxylic acids is 1. The molecule has 1 saturated carbocycles. The third-order valence-corrected chi connectivity index (χ3v) is 3.27. The molecule has 0 bridgehead atoms. The van der Waals surface area contributed by atoms with Crippen molar-refractivity contribution in [1.82, 2.24) is 0 Å². The molecule has 0 amide bonds. The summed E-state index contributed by atoms with van der Waals surface area (Å²) in [5.41, 5.74) is 1.12. The normalized spacial score (nSPS) is 37.7. The van der Waals surface area contributed by atoms with Crippen LogP contribution in [0.15, 0.2) is 37.0 Å². The highest BCUT2D eigenvalue weighted by molar-refractivity contribution is 5.94. The minimum atomic E-state index is 0.148. The molecule has 0 heterocycles. The molecular weight excluding hydrogens is 160 g/mol. The maximum absolute atomic E-state index is 11.6. The van der Waals surface area contributed by atoms with Gasteiger partial charge in [0.1, 0.15) is 0 Å². The first-order valence-corrected chi connectivity index (χ1v) is 4.77. The van der Waals surface area contributed by atoms with Crippen LogP contribution in [0.1, 0.15) is 12.8 Å². The molecule has 0 radical (unpaired) electrons. The molecule has 3 unspecified atom stereocenters. The van der Waals surface area contributed by atoms with Gasteiger partial charge in [-0.15, -0.1) is 6.58 Å². The lowest BCUT2D eigenvalue weighted by Crippen LogP contribution is -2.26. The molecule has 0 N–H and O–H groups in total. The number of allylic oxidation sites excluding steroid dienone is 4. The van der Waals surface area contributed by atoms with Gasteiger partial charge in [0.05, 0.1) is 0 Å². The van der Waals surface area contributed by atoms with E-state index in [2.05, 4.69) is 13.2 Å². The standard InChI is InChI=1S/C12H14O/c1-3-9-5-6-10-8(2)4-7-11(13)12(9)10/h3-4,7,9-10,12H,1-2,5-6H2. The van der Waals surface area contributed by atoms with Crippen LogP contribution < -0.4 is 0 Å². The summed E-state index contributed by atoms with van der Waals surface area (Å²) >= 11 is 0. The zero-order valence-electron chi connectivity index (χ0n) is 7.70. The Balaban J connectivity index is 2.33. The quantitative estimate of drug-likeness (QED) is 0.558. The van der Waals surface area contributed by atoms with E-state index in [9.17, 15) is 4.79 Å². The molecule has 1 fully saturated rings. The van der Waals surface area contributed by atoms with E-state index < -0.39 is 0 Å². The minimum Gasteiger partial charge on any atom is -0.294 e. The molecule has 2 aliphatic carbocycles. The highest BCUT2D eigenvalue weighted by Crippen LogP contribution is 2.44. The molecule has 2 rings (SSSR count). The van der Waals surface area contributed by atoms with Crippen molar-refractivity contribution in [2.75, 3.05) is 0 Å². The van der Waals surface area contributed by atoms with E-state index in [1.807, 2.05) is 12.2 Å². The van der Waals surface area contributed by atoms with Crippen LogP contribution in [0.4, 0.5) is 0 Å². The monoisotopic (exact) mass is 174 g/mol. The summed E-state index contributed by atoms with van der Waals surface area (Å²) in [7, 11) is 0. The van der Waals surface area contributed by atoms with Crippen molar-refractivity contribution >= 4 is 5.78 Å². The van der Waals surface area contributed by atoms with Crippen LogP contribution in [-0.2, 0) is 4.79 Å². The summed E-state index contributed by atoms with van der Waals surface area (Å²) in [5, 5.41) is 0. The Labute approximate surface area is 78.8 Å². The second-order valence-corrected chi connectivity index (χ2v) is 3.92. The third kappa shape index (κ3) is 1.19. The lowest BCUT2D eigenvalue weighted by atomic mass is 9.78. The molecule has 0 aromatic rings. The van der Waals surface area contributed by atoms with Crippen LogP contribution in [0.2, 0.25) is 0 Å². The number of fused-ring (bicyclic) bond motifs is 1. The molecule has 0 aromatic carbocycles. The summed E-state index contributed by atoms with van der Waals surface area (Å²) in [4.78, 5) is 11.6. The van der Waals surface area contributed by atoms with Gasteiger partial charge in [-0.05, 0) is 30.8 Å². The van der Waals surface area contributed by atoms with Crippen LogP contribution >= 0.6 is 0 Å². The Kier molecular flexibility index (Phi) is 1.95. The molecule has 2 aliphatic rings. The smallest absolute Gasteiger partial charge is 0.159 e. The van der Waals surface area contributed by atoms with Crippen LogP contribution in [-0.4, -0.2) is 5.78 Å². The van der Waals surface area contributed by atoms with Gasteiger partial charge in [-0.1, -0.05) is 24.3 Å². The average Bonchev–Trinajstić information content (AvgIpc) is 2.56. The SMILES string of the molecule is C=CC1CCC2C(=C)C=CC(=O)C12. The number of hydrogen-bond donors (Lipinski definition) is 0. The summed E-state index contributed by atoms with van der Waals surface area (Å²) < 4.78 is 0. The van der Waals surface area contributed by atoms with Gasteiger partial charge in [0.2, 0.25) is 0 Å². The van der Waals surface area contributed by atoms with E-state index in [-0.39, 0.29) is 11.7 Å². The van der Waals surface area contributed by atoms with Crippen LogP contribution in [0, 0.1) is 17.8 Å². The fraction of sp³-hybridized carbons (Fsp3) is 0.417. The van der Waals surface area contributed by atoms with Gasteiger partial charge < -0.3 is 0 Å². The van der Waals surface area contributed by atoms with Crippen molar-refractivity contribution in [2.45, 2.75) is 12.8 Å². The van der Waals surface area contributed by atoms with Gasteiger partial charge in [0.25, 0.3) is 0 Å². The predicted molar refractivity (Wildman–Crippen MR) is 53.2 cm³/mol. The lowest BCUT2D eigenvalue weighted by molar-refractivity contribution is -0.119. The van der Waals surface area contributed by atoms with Crippen molar-refractivity contribution in [3.63, 3.8) is 0 Å². The van der Waals surface area contributed by atoms with E-state index in [1.54, 1.807) is 6.08 Å². The second kappa shape index (κ2) is 2.99. The fourth-order valence-corrected chi connectivity index (χ4v) is 2.54. The third-order valence-electron chi connectivity index (χ3n) is 3.27. The summed E-state index contributed by atoms with van der Waals surface area (Å²) in [6.07, 6.45) is 7.65. The van der Waals surface area contributed by atoms with Gasteiger partial charge in [-0.3, -0.25) is 4.79 Å². The first-order chi connectivity index (χ1) is 6.24. The molecule has 13 heavy (non-hydrogen) atoms. The minimum absolute atomic E-state index is 0.148. The number of ketones is 1. The van der Waals surface area contributed by atoms with Gasteiger partial charge in [-0.2, -0.15) is 0 Å². The maximum Gasteiger partial charge on any atom is 0.159 e. The number of carbonyl (C=O) groups is 1. The fourth-order valence-electron chi connectivity index (χ4n) is 2.54. The van der Waals surface area contributed by atoms with Crippen molar-refractivity contribution in [2.24, 2.45) is 17.8 Å². The van der Waals surface area contributed by atoms with Crippen LogP contribution in [0.3, 0.4) is 0 Å². The van der Waals surface area contributed by atoms with Crippen LogP contribution in [0.25, 0.3) is 0 Å². The van der Waals surface area contributed by atoms with Crippen molar-refractivity contribution in [3.05, 3.63) is 37.0 Å². The Morgan fingerprint density at radius 1 is 1.38 bits per heavy atom. The van der Waals surface area contributed by atoms with Crippen molar-refractivity contribution in [3.8, 4) is 0 Å². The predicted octanol–water partition coefficient (Wildman–Crippen LogP) is 2.51. The Morgan fingerprint density at radius 2 is 2.15 bits per heavy atom. The first kappa shape index (κ1) is 8.49. The molecule has 0 aliphatic heterocycles. The maximum atomic E-state index is 11.6. The lowest BCUT2D eigenvalue weighted by Gasteiger charge is -2.24. The number of rotatable bonds is 1. The molecule has 1 nitrogen and oxygen atoms in total. The van der Waals surface area contributed by atoms with Crippen molar-refractivity contribution in [1.29, 1.82) is 0 Å². The Bertz CT molecular complexity index is 298. The Morgan fingerprint density at radius 3 is 2.85 bits per heavy atom. The van der Waals surface area contributed by atoms with Gasteiger partial charge in [0, 0.05) is 5.92 Å². The highest BCUT2D eigenvalue weighted by Gasteiger charge is 2.40. The van der Waals surface area contributed by atoms with E-state index >= 15 is 0 Å². The zero-order valence-corrected chi connectivity index (χ0v) is 7.70. The van der Waals surface area contributed by atoms with E-state index in [0.717, 1.165) is 18.4 Å². The first-order valence-electron chi connectivity index (χ1n) is 4.77.